The van der Waals surface area contributed by atoms with Crippen LogP contribution in [-0.4, -0.2) is 35.3 Å². The summed E-state index contributed by atoms with van der Waals surface area (Å²) in [6, 6.07) is 10.0. The minimum atomic E-state index is -0.128. The van der Waals surface area contributed by atoms with Gasteiger partial charge in [-0.3, -0.25) is 4.79 Å². The third kappa shape index (κ3) is 3.07. The number of nitrogens with zero attached hydrogens (tertiary/aromatic N) is 1. The maximum Gasteiger partial charge on any atom is 0.236 e. The van der Waals surface area contributed by atoms with Crippen LogP contribution in [0.3, 0.4) is 0 Å². The fourth-order valence-corrected chi connectivity index (χ4v) is 2.26. The molecule has 17 heavy (non-hydrogen) atoms. The number of halogens is 1. The van der Waals surface area contributed by atoms with Gasteiger partial charge < -0.3 is 9.64 Å². The summed E-state index contributed by atoms with van der Waals surface area (Å²) in [5, 5.41) is 0. The van der Waals surface area contributed by atoms with E-state index in [1.807, 2.05) is 42.2 Å². The zero-order chi connectivity index (χ0) is 12.3. The fourth-order valence-electron chi connectivity index (χ4n) is 1.97. The lowest BCUT2D eigenvalue weighted by Crippen LogP contribution is -2.44. The van der Waals surface area contributed by atoms with Gasteiger partial charge in [-0.25, -0.2) is 0 Å². The molecule has 1 aromatic rings. The lowest BCUT2D eigenvalue weighted by molar-refractivity contribution is -0.137. The van der Waals surface area contributed by atoms with Crippen molar-refractivity contribution in [1.29, 1.82) is 0 Å². The average Bonchev–Trinajstić information content (AvgIpc) is 2.39. The van der Waals surface area contributed by atoms with E-state index in [0.29, 0.717) is 19.7 Å². The summed E-state index contributed by atoms with van der Waals surface area (Å²) in [4.78, 5) is 13.6. The van der Waals surface area contributed by atoms with Crippen molar-refractivity contribution in [2.24, 2.45) is 0 Å². The van der Waals surface area contributed by atoms with E-state index in [4.69, 9.17) is 4.74 Å². The third-order valence-electron chi connectivity index (χ3n) is 2.89. The predicted molar refractivity (Wildman–Crippen MR) is 70.1 cm³/mol. The van der Waals surface area contributed by atoms with Crippen LogP contribution in [0.2, 0.25) is 0 Å². The van der Waals surface area contributed by atoms with E-state index in [9.17, 15) is 4.79 Å². The molecule has 92 valence electrons. The van der Waals surface area contributed by atoms with Crippen LogP contribution < -0.4 is 0 Å². The molecule has 1 aliphatic heterocycles. The monoisotopic (exact) mass is 297 g/mol. The average molecular weight is 298 g/mol. The van der Waals surface area contributed by atoms with Gasteiger partial charge in [-0.2, -0.15) is 0 Å². The van der Waals surface area contributed by atoms with Crippen LogP contribution in [0.15, 0.2) is 30.3 Å². The van der Waals surface area contributed by atoms with E-state index in [0.717, 1.165) is 5.56 Å². The van der Waals surface area contributed by atoms with Gasteiger partial charge >= 0.3 is 0 Å². The molecule has 0 unspecified atom stereocenters. The highest BCUT2D eigenvalue weighted by Crippen LogP contribution is 2.22. The molecule has 1 aromatic carbocycles. The number of benzene rings is 1. The number of morpholine rings is 1. The van der Waals surface area contributed by atoms with Gasteiger partial charge in [0, 0.05) is 6.54 Å². The zero-order valence-corrected chi connectivity index (χ0v) is 11.4. The Balaban J connectivity index is 2.05. The summed E-state index contributed by atoms with van der Waals surface area (Å²) in [6.07, 6.45) is 0.000139. The van der Waals surface area contributed by atoms with Crippen molar-refractivity contribution >= 4 is 21.8 Å². The largest absolute Gasteiger partial charge is 0.370 e. The van der Waals surface area contributed by atoms with Crippen LogP contribution in [0.25, 0.3) is 0 Å². The Morgan fingerprint density at radius 1 is 1.47 bits per heavy atom. The van der Waals surface area contributed by atoms with E-state index < -0.39 is 0 Å². The van der Waals surface area contributed by atoms with Crippen LogP contribution >= 0.6 is 15.9 Å². The molecule has 0 radical (unpaired) electrons. The molecule has 0 N–H and O–H groups in total. The number of hydrogen-bond donors (Lipinski definition) is 0. The summed E-state index contributed by atoms with van der Waals surface area (Å²) >= 11 is 3.32. The van der Waals surface area contributed by atoms with Crippen LogP contribution in [0.1, 0.15) is 18.6 Å². The van der Waals surface area contributed by atoms with Crippen molar-refractivity contribution in [3.63, 3.8) is 0 Å². The van der Waals surface area contributed by atoms with Crippen LogP contribution in [0.4, 0.5) is 0 Å². The molecule has 1 fully saturated rings. The normalized spacial score (nSPS) is 22.2. The number of amides is 1. The van der Waals surface area contributed by atoms with Gasteiger partial charge in [0.05, 0.1) is 18.0 Å². The third-order valence-corrected chi connectivity index (χ3v) is 3.28. The Labute approximate surface area is 110 Å². The molecule has 0 spiro atoms. The number of hydrogen-bond acceptors (Lipinski definition) is 2. The first-order valence-corrected chi connectivity index (χ1v) is 6.69. The molecular formula is C13H16BrNO2. The summed E-state index contributed by atoms with van der Waals surface area (Å²) in [5.41, 5.74) is 1.13. The standard InChI is InChI=1S/C13H16BrNO2/c1-10(14)13(16)15-7-8-17-12(9-15)11-5-3-2-4-6-11/h2-6,10,12H,7-9H2,1H3/t10-,12-/m0/s1. The molecule has 4 heteroatoms. The van der Waals surface area contributed by atoms with E-state index in [1.165, 1.54) is 0 Å². The summed E-state index contributed by atoms with van der Waals surface area (Å²) in [6.45, 7) is 3.78. The summed E-state index contributed by atoms with van der Waals surface area (Å²) in [5.74, 6) is 0.134. The number of ether oxygens (including phenoxy) is 1. The van der Waals surface area contributed by atoms with Crippen LogP contribution in [-0.2, 0) is 9.53 Å². The Hall–Kier alpha value is -0.870. The van der Waals surface area contributed by atoms with Crippen LogP contribution in [0, 0.1) is 0 Å². The van der Waals surface area contributed by atoms with Gasteiger partial charge in [0.1, 0.15) is 6.10 Å². The number of carbonyl (C=O) groups excluding carboxylic acids is 1. The number of rotatable bonds is 2. The number of alkyl halides is 1. The van der Waals surface area contributed by atoms with Crippen molar-refractivity contribution < 1.29 is 9.53 Å². The molecule has 0 aliphatic carbocycles. The Bertz CT molecular complexity index is 380. The van der Waals surface area contributed by atoms with Gasteiger partial charge in [-0.1, -0.05) is 46.3 Å². The van der Waals surface area contributed by atoms with Gasteiger partial charge in [0.25, 0.3) is 0 Å². The molecule has 2 atom stereocenters. The second kappa shape index (κ2) is 5.65. The van der Waals surface area contributed by atoms with Crippen molar-refractivity contribution in [1.82, 2.24) is 4.90 Å². The van der Waals surface area contributed by atoms with E-state index in [-0.39, 0.29) is 16.8 Å². The fraction of sp³-hybridized carbons (Fsp3) is 0.462. The van der Waals surface area contributed by atoms with Crippen molar-refractivity contribution in [2.75, 3.05) is 19.7 Å². The molecule has 1 heterocycles. The molecule has 1 saturated heterocycles. The lowest BCUT2D eigenvalue weighted by atomic mass is 10.1. The molecule has 0 saturated carbocycles. The molecule has 1 amide bonds. The van der Waals surface area contributed by atoms with Gasteiger partial charge in [0.15, 0.2) is 0 Å². The quantitative estimate of drug-likeness (QED) is 0.785. The highest BCUT2D eigenvalue weighted by Gasteiger charge is 2.26. The van der Waals surface area contributed by atoms with E-state index in [1.54, 1.807) is 0 Å². The second-order valence-corrected chi connectivity index (χ2v) is 5.54. The van der Waals surface area contributed by atoms with Gasteiger partial charge in [0.2, 0.25) is 5.91 Å². The molecule has 1 aliphatic rings. The first kappa shape index (κ1) is 12.6. The van der Waals surface area contributed by atoms with Crippen LogP contribution in [0.5, 0.6) is 0 Å². The minimum Gasteiger partial charge on any atom is -0.370 e. The maximum absolute atomic E-state index is 11.9. The topological polar surface area (TPSA) is 29.5 Å². The first-order chi connectivity index (χ1) is 8.18. The summed E-state index contributed by atoms with van der Waals surface area (Å²) < 4.78 is 5.71. The second-order valence-electron chi connectivity index (χ2n) is 4.17. The van der Waals surface area contributed by atoms with Crippen molar-refractivity contribution in [3.8, 4) is 0 Å². The molecular weight excluding hydrogens is 282 g/mol. The zero-order valence-electron chi connectivity index (χ0n) is 9.80. The van der Waals surface area contributed by atoms with Crippen molar-refractivity contribution in [3.05, 3.63) is 35.9 Å². The molecule has 3 nitrogen and oxygen atoms in total. The van der Waals surface area contributed by atoms with Crippen molar-refractivity contribution in [2.45, 2.75) is 17.9 Å². The highest BCUT2D eigenvalue weighted by atomic mass is 79.9. The predicted octanol–water partition coefficient (Wildman–Crippen LogP) is 2.37. The molecule has 0 aromatic heterocycles. The smallest absolute Gasteiger partial charge is 0.236 e. The van der Waals surface area contributed by atoms with E-state index in [2.05, 4.69) is 15.9 Å². The Morgan fingerprint density at radius 2 is 2.18 bits per heavy atom. The van der Waals surface area contributed by atoms with Gasteiger partial charge in [-0.15, -0.1) is 0 Å². The molecule has 0 bridgehead atoms. The van der Waals surface area contributed by atoms with E-state index >= 15 is 0 Å². The lowest BCUT2D eigenvalue weighted by Gasteiger charge is -2.33. The first-order valence-electron chi connectivity index (χ1n) is 5.78. The number of carbonyl (C=O) groups is 1. The minimum absolute atomic E-state index is 0.000139. The summed E-state index contributed by atoms with van der Waals surface area (Å²) in [7, 11) is 0. The Morgan fingerprint density at radius 3 is 2.82 bits per heavy atom. The van der Waals surface area contributed by atoms with Gasteiger partial charge in [-0.05, 0) is 12.5 Å². The molecule has 2 rings (SSSR count). The SMILES string of the molecule is C[C@H](Br)C(=O)N1CCO[C@H](c2ccccc2)C1. The highest BCUT2D eigenvalue weighted by molar-refractivity contribution is 9.10. The Kier molecular flexibility index (Phi) is 4.18. The maximum atomic E-state index is 11.9.